The number of hydrogen-bond donors (Lipinski definition) is 1. The Hall–Kier alpha value is -1.03. The fourth-order valence-electron chi connectivity index (χ4n) is 2.56. The van der Waals surface area contributed by atoms with E-state index in [-0.39, 0.29) is 0 Å². The molecule has 1 heterocycles. The largest absolute Gasteiger partial charge is 0.416 e. The molecule has 1 saturated heterocycles. The van der Waals surface area contributed by atoms with Crippen LogP contribution in [0.2, 0.25) is 0 Å². The lowest BCUT2D eigenvalue weighted by molar-refractivity contribution is -0.137. The Morgan fingerprint density at radius 2 is 2.06 bits per heavy atom. The summed E-state index contributed by atoms with van der Waals surface area (Å²) in [5.41, 5.74) is 0.209. The zero-order valence-electron chi connectivity index (χ0n) is 10.4. The highest BCUT2D eigenvalue weighted by Crippen LogP contribution is 2.30. The number of nitrogens with one attached hydrogen (secondary N) is 1. The van der Waals surface area contributed by atoms with Crippen molar-refractivity contribution in [3.8, 4) is 0 Å². The van der Waals surface area contributed by atoms with Crippen LogP contribution in [0.3, 0.4) is 0 Å². The van der Waals surface area contributed by atoms with Crippen molar-refractivity contribution in [2.24, 2.45) is 0 Å². The Morgan fingerprint density at radius 1 is 1.28 bits per heavy atom. The van der Waals surface area contributed by atoms with E-state index in [9.17, 15) is 13.2 Å². The van der Waals surface area contributed by atoms with Gasteiger partial charge in [-0.05, 0) is 37.8 Å². The van der Waals surface area contributed by atoms with Crippen molar-refractivity contribution in [2.45, 2.75) is 50.9 Å². The predicted octanol–water partition coefficient (Wildman–Crippen LogP) is 3.78. The maximum atomic E-state index is 12.6. The summed E-state index contributed by atoms with van der Waals surface area (Å²) in [6, 6.07) is 6.42. The first-order valence-corrected chi connectivity index (χ1v) is 6.37. The van der Waals surface area contributed by atoms with E-state index in [1.54, 1.807) is 6.07 Å². The van der Waals surface area contributed by atoms with Crippen molar-refractivity contribution in [2.75, 3.05) is 0 Å². The fraction of sp³-hybridized carbons (Fsp3) is 0.571. The van der Waals surface area contributed by atoms with E-state index in [1.807, 2.05) is 0 Å². The van der Waals surface area contributed by atoms with E-state index in [4.69, 9.17) is 0 Å². The number of hydrogen-bond acceptors (Lipinski definition) is 1. The van der Waals surface area contributed by atoms with Crippen LogP contribution in [0.5, 0.6) is 0 Å². The third-order valence-corrected chi connectivity index (χ3v) is 3.45. The van der Waals surface area contributed by atoms with Crippen LogP contribution in [-0.2, 0) is 12.6 Å². The normalized spacial score (nSPS) is 25.1. The van der Waals surface area contributed by atoms with E-state index in [0.29, 0.717) is 18.5 Å². The van der Waals surface area contributed by atoms with Gasteiger partial charge in [0.1, 0.15) is 0 Å². The highest BCUT2D eigenvalue weighted by molar-refractivity contribution is 5.26. The first-order chi connectivity index (χ1) is 8.45. The molecule has 2 rings (SSSR count). The van der Waals surface area contributed by atoms with Crippen LogP contribution in [0, 0.1) is 0 Å². The van der Waals surface area contributed by atoms with Crippen LogP contribution < -0.4 is 5.32 Å². The Kier molecular flexibility index (Phi) is 3.95. The lowest BCUT2D eigenvalue weighted by Gasteiger charge is -2.29. The van der Waals surface area contributed by atoms with E-state index in [0.717, 1.165) is 30.9 Å². The molecule has 0 aliphatic carbocycles. The summed E-state index contributed by atoms with van der Waals surface area (Å²) >= 11 is 0. The van der Waals surface area contributed by atoms with Crippen LogP contribution in [0.1, 0.15) is 37.3 Å². The predicted molar refractivity (Wildman–Crippen MR) is 65.4 cm³/mol. The molecule has 0 spiro atoms. The molecule has 2 unspecified atom stereocenters. The number of piperidine rings is 1. The summed E-state index contributed by atoms with van der Waals surface area (Å²) in [5, 5.41) is 3.44. The van der Waals surface area contributed by atoms with Crippen LogP contribution >= 0.6 is 0 Å². The van der Waals surface area contributed by atoms with Crippen molar-refractivity contribution in [3.05, 3.63) is 35.4 Å². The average molecular weight is 257 g/mol. The molecule has 1 fully saturated rings. The van der Waals surface area contributed by atoms with Gasteiger partial charge in [0.15, 0.2) is 0 Å². The van der Waals surface area contributed by atoms with E-state index < -0.39 is 11.7 Å². The maximum Gasteiger partial charge on any atom is 0.416 e. The Balaban J connectivity index is 2.05. The first kappa shape index (κ1) is 13.4. The second-order valence-electron chi connectivity index (χ2n) is 5.10. The molecule has 2 atom stereocenters. The quantitative estimate of drug-likeness (QED) is 0.850. The lowest BCUT2D eigenvalue weighted by atomic mass is 9.94. The van der Waals surface area contributed by atoms with Crippen molar-refractivity contribution in [1.29, 1.82) is 0 Å². The highest BCUT2D eigenvalue weighted by Gasteiger charge is 2.30. The SMILES string of the molecule is CC1CCCC(Cc2cccc(C(F)(F)F)c2)N1. The van der Waals surface area contributed by atoms with Gasteiger partial charge in [-0.3, -0.25) is 0 Å². The zero-order valence-corrected chi connectivity index (χ0v) is 10.4. The van der Waals surface area contributed by atoms with Gasteiger partial charge in [-0.15, -0.1) is 0 Å². The second kappa shape index (κ2) is 5.31. The van der Waals surface area contributed by atoms with Gasteiger partial charge in [-0.1, -0.05) is 24.6 Å². The Labute approximate surface area is 105 Å². The lowest BCUT2D eigenvalue weighted by Crippen LogP contribution is -2.41. The minimum atomic E-state index is -4.25. The molecule has 1 aromatic carbocycles. The van der Waals surface area contributed by atoms with Gasteiger partial charge >= 0.3 is 6.18 Å². The van der Waals surface area contributed by atoms with Crippen molar-refractivity contribution < 1.29 is 13.2 Å². The van der Waals surface area contributed by atoms with Crippen LogP contribution in [0.4, 0.5) is 13.2 Å². The van der Waals surface area contributed by atoms with Gasteiger partial charge in [0, 0.05) is 12.1 Å². The summed E-state index contributed by atoms with van der Waals surface area (Å²) < 4.78 is 37.8. The van der Waals surface area contributed by atoms with Gasteiger partial charge in [-0.25, -0.2) is 0 Å². The molecule has 100 valence electrons. The third kappa shape index (κ3) is 3.48. The molecule has 0 aromatic heterocycles. The molecular weight excluding hydrogens is 239 g/mol. The van der Waals surface area contributed by atoms with Gasteiger partial charge in [-0.2, -0.15) is 13.2 Å². The molecular formula is C14H18F3N. The summed E-state index contributed by atoms with van der Waals surface area (Å²) in [6.45, 7) is 2.12. The molecule has 1 aliphatic heterocycles. The molecule has 1 N–H and O–H groups in total. The number of halogens is 3. The van der Waals surface area contributed by atoms with Crippen LogP contribution in [-0.4, -0.2) is 12.1 Å². The standard InChI is InChI=1S/C14H18F3N/c1-10-4-2-7-13(18-10)9-11-5-3-6-12(8-11)14(15,16)17/h3,5-6,8,10,13,18H,2,4,7,9H2,1H3. The third-order valence-electron chi connectivity index (χ3n) is 3.45. The molecule has 0 saturated carbocycles. The Bertz CT molecular complexity index is 400. The molecule has 0 bridgehead atoms. The second-order valence-corrected chi connectivity index (χ2v) is 5.10. The number of benzene rings is 1. The average Bonchev–Trinajstić information content (AvgIpc) is 2.28. The molecule has 1 aromatic rings. The van der Waals surface area contributed by atoms with Gasteiger partial charge in [0.05, 0.1) is 5.56 Å². The van der Waals surface area contributed by atoms with Gasteiger partial charge in [0.2, 0.25) is 0 Å². The number of rotatable bonds is 2. The minimum Gasteiger partial charge on any atom is -0.311 e. The van der Waals surface area contributed by atoms with E-state index in [2.05, 4.69) is 12.2 Å². The zero-order chi connectivity index (χ0) is 13.2. The molecule has 1 nitrogen and oxygen atoms in total. The molecule has 0 amide bonds. The summed E-state index contributed by atoms with van der Waals surface area (Å²) in [5.74, 6) is 0. The topological polar surface area (TPSA) is 12.0 Å². The Morgan fingerprint density at radius 3 is 2.72 bits per heavy atom. The maximum absolute atomic E-state index is 12.6. The van der Waals surface area contributed by atoms with E-state index >= 15 is 0 Å². The van der Waals surface area contributed by atoms with E-state index in [1.165, 1.54) is 12.1 Å². The molecule has 0 radical (unpaired) electrons. The molecule has 18 heavy (non-hydrogen) atoms. The molecule has 1 aliphatic rings. The molecule has 4 heteroatoms. The van der Waals surface area contributed by atoms with Gasteiger partial charge in [0.25, 0.3) is 0 Å². The summed E-state index contributed by atoms with van der Waals surface area (Å²) in [6.07, 6.45) is -0.227. The first-order valence-electron chi connectivity index (χ1n) is 6.37. The summed E-state index contributed by atoms with van der Waals surface area (Å²) in [4.78, 5) is 0. The van der Waals surface area contributed by atoms with Gasteiger partial charge < -0.3 is 5.32 Å². The van der Waals surface area contributed by atoms with Crippen molar-refractivity contribution >= 4 is 0 Å². The van der Waals surface area contributed by atoms with Crippen LogP contribution in [0.15, 0.2) is 24.3 Å². The fourth-order valence-corrected chi connectivity index (χ4v) is 2.56. The smallest absolute Gasteiger partial charge is 0.311 e. The number of alkyl halides is 3. The summed E-state index contributed by atoms with van der Waals surface area (Å²) in [7, 11) is 0. The van der Waals surface area contributed by atoms with Crippen molar-refractivity contribution in [1.82, 2.24) is 5.32 Å². The monoisotopic (exact) mass is 257 g/mol. The highest BCUT2D eigenvalue weighted by atomic mass is 19.4. The van der Waals surface area contributed by atoms with Crippen molar-refractivity contribution in [3.63, 3.8) is 0 Å². The minimum absolute atomic E-state index is 0.303. The van der Waals surface area contributed by atoms with Crippen LogP contribution in [0.25, 0.3) is 0 Å².